The number of aryl methyl sites for hydroxylation is 1. The summed E-state index contributed by atoms with van der Waals surface area (Å²) in [6.45, 7) is 7.02. The molecule has 0 bridgehead atoms. The van der Waals surface area contributed by atoms with Crippen molar-refractivity contribution in [1.29, 1.82) is 0 Å². The number of hydrogen-bond acceptors (Lipinski definition) is 4. The van der Waals surface area contributed by atoms with E-state index in [1.807, 2.05) is 48.2 Å². The van der Waals surface area contributed by atoms with Crippen LogP contribution in [0.2, 0.25) is 0 Å². The van der Waals surface area contributed by atoms with Crippen LogP contribution in [0.1, 0.15) is 28.5 Å². The van der Waals surface area contributed by atoms with Gasteiger partial charge in [0.25, 0.3) is 5.91 Å². The van der Waals surface area contributed by atoms with Crippen LogP contribution in [-0.2, 0) is 11.3 Å². The third kappa shape index (κ3) is 4.20. The summed E-state index contributed by atoms with van der Waals surface area (Å²) in [5, 5.41) is 2.94. The molecule has 1 aromatic carbocycles. The van der Waals surface area contributed by atoms with Gasteiger partial charge in [-0.2, -0.15) is 0 Å². The SMILES string of the molecule is CC(=O)N1CCN(c2ccnc(C(=O)NCc3ccccc3C)c2)CC1. The molecule has 2 aromatic rings. The van der Waals surface area contributed by atoms with Gasteiger partial charge in [0.15, 0.2) is 0 Å². The van der Waals surface area contributed by atoms with Crippen molar-refractivity contribution in [3.63, 3.8) is 0 Å². The molecule has 1 aliphatic rings. The molecule has 1 fully saturated rings. The number of hydrogen-bond donors (Lipinski definition) is 1. The fourth-order valence-corrected chi connectivity index (χ4v) is 3.09. The maximum atomic E-state index is 12.5. The van der Waals surface area contributed by atoms with Crippen LogP contribution in [0, 0.1) is 6.92 Å². The molecule has 2 amide bonds. The predicted octanol–water partition coefficient (Wildman–Crippen LogP) is 1.99. The van der Waals surface area contributed by atoms with Crippen molar-refractivity contribution in [2.75, 3.05) is 31.1 Å². The first-order chi connectivity index (χ1) is 12.5. The highest BCUT2D eigenvalue weighted by Gasteiger charge is 2.19. The number of benzene rings is 1. The number of carbonyl (C=O) groups is 2. The van der Waals surface area contributed by atoms with Crippen LogP contribution in [0.25, 0.3) is 0 Å². The van der Waals surface area contributed by atoms with Crippen molar-refractivity contribution in [2.24, 2.45) is 0 Å². The zero-order valence-corrected chi connectivity index (χ0v) is 15.2. The van der Waals surface area contributed by atoms with E-state index in [0.29, 0.717) is 25.3 Å². The maximum absolute atomic E-state index is 12.5. The van der Waals surface area contributed by atoms with Crippen LogP contribution in [0.3, 0.4) is 0 Å². The predicted molar refractivity (Wildman–Crippen MR) is 101 cm³/mol. The van der Waals surface area contributed by atoms with Gasteiger partial charge in [0.1, 0.15) is 5.69 Å². The van der Waals surface area contributed by atoms with Crippen molar-refractivity contribution in [3.05, 3.63) is 59.4 Å². The summed E-state index contributed by atoms with van der Waals surface area (Å²) in [5.41, 5.74) is 3.62. The first-order valence-corrected chi connectivity index (χ1v) is 8.84. The van der Waals surface area contributed by atoms with Gasteiger partial charge in [-0.15, -0.1) is 0 Å². The Hall–Kier alpha value is -2.89. The second kappa shape index (κ2) is 7.99. The van der Waals surface area contributed by atoms with Gasteiger partial charge in [0, 0.05) is 51.5 Å². The molecule has 1 N–H and O–H groups in total. The Morgan fingerprint density at radius 1 is 1.12 bits per heavy atom. The number of rotatable bonds is 4. The summed E-state index contributed by atoms with van der Waals surface area (Å²) in [4.78, 5) is 32.1. The minimum absolute atomic E-state index is 0.107. The fraction of sp³-hybridized carbons (Fsp3) is 0.350. The van der Waals surface area contributed by atoms with E-state index in [0.717, 1.165) is 29.9 Å². The van der Waals surface area contributed by atoms with E-state index >= 15 is 0 Å². The van der Waals surface area contributed by atoms with Gasteiger partial charge in [-0.3, -0.25) is 14.6 Å². The molecular formula is C20H24N4O2. The Bertz CT molecular complexity index is 798. The maximum Gasteiger partial charge on any atom is 0.270 e. The van der Waals surface area contributed by atoms with Gasteiger partial charge in [-0.1, -0.05) is 24.3 Å². The molecule has 1 aromatic heterocycles. The molecule has 1 saturated heterocycles. The van der Waals surface area contributed by atoms with Crippen molar-refractivity contribution in [1.82, 2.24) is 15.2 Å². The quantitative estimate of drug-likeness (QED) is 0.914. The number of anilines is 1. The lowest BCUT2D eigenvalue weighted by atomic mass is 10.1. The minimum Gasteiger partial charge on any atom is -0.368 e. The van der Waals surface area contributed by atoms with E-state index in [4.69, 9.17) is 0 Å². The molecule has 3 rings (SSSR count). The second-order valence-corrected chi connectivity index (χ2v) is 6.50. The van der Waals surface area contributed by atoms with E-state index in [1.165, 1.54) is 0 Å². The number of pyridine rings is 1. The average molecular weight is 352 g/mol. The second-order valence-electron chi connectivity index (χ2n) is 6.50. The van der Waals surface area contributed by atoms with E-state index in [1.54, 1.807) is 13.1 Å². The van der Waals surface area contributed by atoms with Gasteiger partial charge in [0.2, 0.25) is 5.91 Å². The summed E-state index contributed by atoms with van der Waals surface area (Å²) in [6, 6.07) is 11.7. The smallest absolute Gasteiger partial charge is 0.270 e. The molecule has 0 aliphatic carbocycles. The van der Waals surface area contributed by atoms with Crippen molar-refractivity contribution in [3.8, 4) is 0 Å². The standard InChI is InChI=1S/C20H24N4O2/c1-15-5-3-4-6-17(15)14-22-20(26)19-13-18(7-8-21-19)24-11-9-23(10-12-24)16(2)25/h3-8,13H,9-12,14H2,1-2H3,(H,22,26). The van der Waals surface area contributed by atoms with Gasteiger partial charge >= 0.3 is 0 Å². The Kier molecular flexibility index (Phi) is 5.51. The number of amides is 2. The van der Waals surface area contributed by atoms with Crippen LogP contribution < -0.4 is 10.2 Å². The van der Waals surface area contributed by atoms with E-state index in [-0.39, 0.29) is 11.8 Å². The first kappa shape index (κ1) is 17.9. The summed E-state index contributed by atoms with van der Waals surface area (Å²) in [5.74, 6) is -0.0758. The summed E-state index contributed by atoms with van der Waals surface area (Å²) in [7, 11) is 0. The van der Waals surface area contributed by atoms with Crippen LogP contribution in [0.4, 0.5) is 5.69 Å². The minimum atomic E-state index is -0.183. The molecule has 6 nitrogen and oxygen atoms in total. The number of nitrogens with one attached hydrogen (secondary N) is 1. The molecule has 0 atom stereocenters. The third-order valence-corrected chi connectivity index (χ3v) is 4.77. The molecular weight excluding hydrogens is 328 g/mol. The number of nitrogens with zero attached hydrogens (tertiary/aromatic N) is 3. The van der Waals surface area contributed by atoms with Crippen LogP contribution in [-0.4, -0.2) is 47.9 Å². The number of carbonyl (C=O) groups excluding carboxylic acids is 2. The Labute approximate surface area is 153 Å². The largest absolute Gasteiger partial charge is 0.368 e. The van der Waals surface area contributed by atoms with E-state index < -0.39 is 0 Å². The fourth-order valence-electron chi connectivity index (χ4n) is 3.09. The number of piperazine rings is 1. The summed E-state index contributed by atoms with van der Waals surface area (Å²) < 4.78 is 0. The normalized spacial score (nSPS) is 14.2. The highest BCUT2D eigenvalue weighted by atomic mass is 16.2. The lowest BCUT2D eigenvalue weighted by molar-refractivity contribution is -0.129. The Morgan fingerprint density at radius 3 is 2.54 bits per heavy atom. The molecule has 136 valence electrons. The van der Waals surface area contributed by atoms with E-state index in [2.05, 4.69) is 15.2 Å². The zero-order valence-electron chi connectivity index (χ0n) is 15.2. The van der Waals surface area contributed by atoms with Crippen LogP contribution in [0.5, 0.6) is 0 Å². The first-order valence-electron chi connectivity index (χ1n) is 8.84. The topological polar surface area (TPSA) is 65.5 Å². The number of aromatic nitrogens is 1. The molecule has 1 aliphatic heterocycles. The molecule has 0 radical (unpaired) electrons. The molecule has 0 saturated carbocycles. The molecule has 6 heteroatoms. The zero-order chi connectivity index (χ0) is 18.5. The third-order valence-electron chi connectivity index (χ3n) is 4.77. The van der Waals surface area contributed by atoms with Crippen LogP contribution in [0.15, 0.2) is 42.6 Å². The Balaban J connectivity index is 1.63. The monoisotopic (exact) mass is 352 g/mol. The van der Waals surface area contributed by atoms with Crippen molar-refractivity contribution >= 4 is 17.5 Å². The summed E-state index contributed by atoms with van der Waals surface area (Å²) >= 11 is 0. The lowest BCUT2D eigenvalue weighted by Gasteiger charge is -2.35. The highest BCUT2D eigenvalue weighted by Crippen LogP contribution is 2.17. The van der Waals surface area contributed by atoms with E-state index in [9.17, 15) is 9.59 Å². The highest BCUT2D eigenvalue weighted by molar-refractivity contribution is 5.93. The average Bonchev–Trinajstić information content (AvgIpc) is 2.67. The van der Waals surface area contributed by atoms with Crippen LogP contribution >= 0.6 is 0 Å². The Morgan fingerprint density at radius 2 is 1.85 bits per heavy atom. The molecule has 26 heavy (non-hydrogen) atoms. The van der Waals surface area contributed by atoms with Gasteiger partial charge in [-0.25, -0.2) is 0 Å². The summed E-state index contributed by atoms with van der Waals surface area (Å²) in [6.07, 6.45) is 1.66. The molecule has 0 unspecified atom stereocenters. The van der Waals surface area contributed by atoms with Gasteiger partial charge in [0.05, 0.1) is 0 Å². The van der Waals surface area contributed by atoms with Gasteiger partial charge in [-0.05, 0) is 30.2 Å². The van der Waals surface area contributed by atoms with Gasteiger partial charge < -0.3 is 15.1 Å². The molecule has 2 heterocycles. The molecule has 0 spiro atoms. The van der Waals surface area contributed by atoms with Crippen molar-refractivity contribution in [2.45, 2.75) is 20.4 Å². The van der Waals surface area contributed by atoms with Crippen molar-refractivity contribution < 1.29 is 9.59 Å². The lowest BCUT2D eigenvalue weighted by Crippen LogP contribution is -2.48.